The van der Waals surface area contributed by atoms with Crippen LogP contribution in [0.15, 0.2) is 48.5 Å². The van der Waals surface area contributed by atoms with Crippen LogP contribution in [0.1, 0.15) is 21.5 Å². The molecule has 0 fully saturated rings. The first kappa shape index (κ1) is 11.8. The summed E-state index contributed by atoms with van der Waals surface area (Å²) in [5, 5.41) is 0. The Bertz CT molecular complexity index is 597. The Morgan fingerprint density at radius 2 is 1.74 bits per heavy atom. The van der Waals surface area contributed by atoms with E-state index in [-0.39, 0.29) is 5.97 Å². The van der Waals surface area contributed by atoms with Gasteiger partial charge in [-0.15, -0.1) is 0 Å². The number of carbonyl (C=O) groups excluding carboxylic acids is 1. The van der Waals surface area contributed by atoms with Gasteiger partial charge in [-0.3, -0.25) is 0 Å². The first-order chi connectivity index (χ1) is 9.28. The summed E-state index contributed by atoms with van der Waals surface area (Å²) in [6.07, 6.45) is 0. The third-order valence-electron chi connectivity index (χ3n) is 3.47. The fourth-order valence-corrected chi connectivity index (χ4v) is 2.46. The zero-order valence-electron chi connectivity index (χ0n) is 10.8. The molecule has 0 aromatic heterocycles. The van der Waals surface area contributed by atoms with Crippen molar-refractivity contribution in [2.75, 3.05) is 12.0 Å². The molecule has 1 aliphatic heterocycles. The highest BCUT2D eigenvalue weighted by molar-refractivity contribution is 5.90. The average molecular weight is 253 g/mol. The Hall–Kier alpha value is -2.29. The highest BCUT2D eigenvalue weighted by atomic mass is 16.5. The number of ether oxygens (including phenoxy) is 1. The molecule has 0 saturated heterocycles. The third kappa shape index (κ3) is 2.19. The molecule has 0 amide bonds. The van der Waals surface area contributed by atoms with Gasteiger partial charge in [0.15, 0.2) is 0 Å². The van der Waals surface area contributed by atoms with Crippen LogP contribution in [0.4, 0.5) is 5.69 Å². The zero-order valence-corrected chi connectivity index (χ0v) is 10.8. The minimum absolute atomic E-state index is 0.293. The van der Waals surface area contributed by atoms with Crippen LogP contribution in [0.2, 0.25) is 0 Å². The summed E-state index contributed by atoms with van der Waals surface area (Å²) < 4.78 is 4.76. The van der Waals surface area contributed by atoms with Gasteiger partial charge in [-0.2, -0.15) is 0 Å². The lowest BCUT2D eigenvalue weighted by Gasteiger charge is -2.18. The van der Waals surface area contributed by atoms with Crippen LogP contribution >= 0.6 is 0 Å². The quantitative estimate of drug-likeness (QED) is 0.771. The molecule has 0 bridgehead atoms. The monoisotopic (exact) mass is 253 g/mol. The number of methoxy groups -OCH3 is 1. The van der Waals surface area contributed by atoms with Crippen molar-refractivity contribution in [2.45, 2.75) is 13.1 Å². The predicted molar refractivity (Wildman–Crippen MR) is 74.1 cm³/mol. The summed E-state index contributed by atoms with van der Waals surface area (Å²) in [4.78, 5) is 13.8. The van der Waals surface area contributed by atoms with Gasteiger partial charge in [-0.25, -0.2) is 4.79 Å². The van der Waals surface area contributed by atoms with Crippen molar-refractivity contribution >= 4 is 11.7 Å². The molecule has 0 aliphatic carbocycles. The van der Waals surface area contributed by atoms with Gasteiger partial charge in [0.05, 0.1) is 12.7 Å². The van der Waals surface area contributed by atoms with E-state index < -0.39 is 0 Å². The second-order valence-electron chi connectivity index (χ2n) is 4.67. The van der Waals surface area contributed by atoms with Crippen LogP contribution < -0.4 is 4.90 Å². The number of nitrogens with zero attached hydrogens (tertiary/aromatic N) is 1. The lowest BCUT2D eigenvalue weighted by atomic mass is 10.1. The minimum Gasteiger partial charge on any atom is -0.465 e. The molecule has 2 aromatic rings. The Labute approximate surface area is 112 Å². The van der Waals surface area contributed by atoms with Crippen LogP contribution in [0, 0.1) is 0 Å². The summed E-state index contributed by atoms with van der Waals surface area (Å²) in [5.74, 6) is -0.293. The number of esters is 1. The highest BCUT2D eigenvalue weighted by Crippen LogP contribution is 2.28. The van der Waals surface area contributed by atoms with Gasteiger partial charge in [0.1, 0.15) is 0 Å². The average Bonchev–Trinajstić information content (AvgIpc) is 2.90. The van der Waals surface area contributed by atoms with E-state index in [9.17, 15) is 4.79 Å². The summed E-state index contributed by atoms with van der Waals surface area (Å²) in [6, 6.07) is 16.0. The van der Waals surface area contributed by atoms with Crippen molar-refractivity contribution in [1.29, 1.82) is 0 Å². The lowest BCUT2D eigenvalue weighted by molar-refractivity contribution is 0.0601. The molecular weight excluding hydrogens is 238 g/mol. The van der Waals surface area contributed by atoms with Crippen LogP contribution in [-0.4, -0.2) is 13.1 Å². The van der Waals surface area contributed by atoms with Crippen molar-refractivity contribution in [3.63, 3.8) is 0 Å². The Morgan fingerprint density at radius 1 is 1.05 bits per heavy atom. The molecule has 2 aromatic carbocycles. The first-order valence-corrected chi connectivity index (χ1v) is 6.28. The summed E-state index contributed by atoms with van der Waals surface area (Å²) in [7, 11) is 1.40. The van der Waals surface area contributed by atoms with Crippen molar-refractivity contribution < 1.29 is 9.53 Å². The van der Waals surface area contributed by atoms with Gasteiger partial charge in [0.2, 0.25) is 0 Å². The van der Waals surface area contributed by atoms with Gasteiger partial charge in [0, 0.05) is 18.8 Å². The summed E-state index contributed by atoms with van der Waals surface area (Å²) in [6.45, 7) is 1.78. The van der Waals surface area contributed by atoms with Gasteiger partial charge < -0.3 is 9.64 Å². The number of hydrogen-bond acceptors (Lipinski definition) is 3. The second kappa shape index (κ2) is 4.76. The highest BCUT2D eigenvalue weighted by Gasteiger charge is 2.19. The minimum atomic E-state index is -0.293. The standard InChI is InChI=1S/C16H15NO2/c1-19-16(18)12-7-4-8-15(9-12)17-10-13-5-2-3-6-14(13)11-17/h2-9H,10-11H2,1H3. The van der Waals surface area contributed by atoms with Crippen LogP contribution in [0.5, 0.6) is 0 Å². The van der Waals surface area contributed by atoms with Crippen LogP contribution in [0.25, 0.3) is 0 Å². The van der Waals surface area contributed by atoms with E-state index in [2.05, 4.69) is 29.2 Å². The zero-order chi connectivity index (χ0) is 13.2. The molecule has 0 atom stereocenters. The number of rotatable bonds is 2. The molecule has 1 aliphatic rings. The SMILES string of the molecule is COC(=O)c1cccc(N2Cc3ccccc3C2)c1. The van der Waals surface area contributed by atoms with Gasteiger partial charge in [0.25, 0.3) is 0 Å². The van der Waals surface area contributed by atoms with Gasteiger partial charge in [-0.05, 0) is 29.3 Å². The van der Waals surface area contributed by atoms with Crippen molar-refractivity contribution in [2.24, 2.45) is 0 Å². The topological polar surface area (TPSA) is 29.5 Å². The van der Waals surface area contributed by atoms with Crippen molar-refractivity contribution in [3.8, 4) is 0 Å². The van der Waals surface area contributed by atoms with Gasteiger partial charge in [-0.1, -0.05) is 30.3 Å². The fourth-order valence-electron chi connectivity index (χ4n) is 2.46. The van der Waals surface area contributed by atoms with Crippen LogP contribution in [-0.2, 0) is 17.8 Å². The number of hydrogen-bond donors (Lipinski definition) is 0. The molecule has 0 spiro atoms. The second-order valence-corrected chi connectivity index (χ2v) is 4.67. The van der Waals surface area contributed by atoms with Crippen LogP contribution in [0.3, 0.4) is 0 Å². The van der Waals surface area contributed by atoms with E-state index in [4.69, 9.17) is 4.74 Å². The molecule has 1 heterocycles. The molecule has 3 heteroatoms. The largest absolute Gasteiger partial charge is 0.465 e. The number of fused-ring (bicyclic) bond motifs is 1. The Morgan fingerprint density at radius 3 is 2.37 bits per heavy atom. The Kier molecular flexibility index (Phi) is 2.95. The Balaban J connectivity index is 1.87. The molecule has 0 unspecified atom stereocenters. The normalized spacial score (nSPS) is 13.2. The van der Waals surface area contributed by atoms with E-state index >= 15 is 0 Å². The first-order valence-electron chi connectivity index (χ1n) is 6.28. The molecule has 0 radical (unpaired) electrons. The lowest BCUT2D eigenvalue weighted by Crippen LogP contribution is -2.15. The van der Waals surface area contributed by atoms with E-state index in [0.29, 0.717) is 5.56 Å². The maximum atomic E-state index is 11.6. The van der Waals surface area contributed by atoms with E-state index in [1.54, 1.807) is 6.07 Å². The fraction of sp³-hybridized carbons (Fsp3) is 0.188. The van der Waals surface area contributed by atoms with Crippen molar-refractivity contribution in [1.82, 2.24) is 0 Å². The number of benzene rings is 2. The molecule has 0 saturated carbocycles. The van der Waals surface area contributed by atoms with E-state index in [0.717, 1.165) is 18.8 Å². The summed E-state index contributed by atoms with van der Waals surface area (Å²) >= 11 is 0. The number of carbonyl (C=O) groups is 1. The maximum absolute atomic E-state index is 11.6. The maximum Gasteiger partial charge on any atom is 0.337 e. The van der Waals surface area contributed by atoms with Gasteiger partial charge >= 0.3 is 5.97 Å². The smallest absolute Gasteiger partial charge is 0.337 e. The molecule has 3 rings (SSSR count). The third-order valence-corrected chi connectivity index (χ3v) is 3.47. The van der Waals surface area contributed by atoms with E-state index in [1.165, 1.54) is 18.2 Å². The molecule has 0 N–H and O–H groups in total. The molecular formula is C16H15NO2. The number of anilines is 1. The predicted octanol–water partition coefficient (Wildman–Crippen LogP) is 2.99. The molecule has 96 valence electrons. The molecule has 19 heavy (non-hydrogen) atoms. The summed E-state index contributed by atoms with van der Waals surface area (Å²) in [5.41, 5.74) is 4.35. The van der Waals surface area contributed by atoms with E-state index in [1.807, 2.05) is 18.2 Å². The molecule has 3 nitrogen and oxygen atoms in total. The van der Waals surface area contributed by atoms with Crippen molar-refractivity contribution in [3.05, 3.63) is 65.2 Å².